The third kappa shape index (κ3) is 6.96. The number of carbonyl (C=O) groups excluding carboxylic acids is 2. The number of fused-ring (bicyclic) bond motifs is 1. The van der Waals surface area contributed by atoms with Crippen molar-refractivity contribution in [1.82, 2.24) is 14.5 Å². The summed E-state index contributed by atoms with van der Waals surface area (Å²) in [5.41, 5.74) is 1.91. The van der Waals surface area contributed by atoms with Crippen molar-refractivity contribution in [2.24, 2.45) is 0 Å². The van der Waals surface area contributed by atoms with Crippen molar-refractivity contribution in [3.8, 4) is 0 Å². The molecule has 0 bridgehead atoms. The number of hydrogen-bond acceptors (Lipinski definition) is 4. The highest BCUT2D eigenvalue weighted by atomic mass is 32.2. The molecule has 0 radical (unpaired) electrons. The number of benzene rings is 3. The topological polar surface area (TPSA) is 86.8 Å². The number of nitrogens with one attached hydrogen (secondary N) is 1. The molecular weight excluding hydrogens is 486 g/mol. The molecule has 7 nitrogen and oxygen atoms in total. The van der Waals surface area contributed by atoms with Gasteiger partial charge in [0.05, 0.1) is 11.4 Å². The smallest absolute Gasteiger partial charge is 0.243 e. The fraction of sp³-hybridized carbons (Fsp3) is 0.379. The van der Waals surface area contributed by atoms with Gasteiger partial charge in [-0.2, -0.15) is 4.31 Å². The predicted molar refractivity (Wildman–Crippen MR) is 147 cm³/mol. The fourth-order valence-electron chi connectivity index (χ4n) is 4.27. The molecule has 0 saturated heterocycles. The van der Waals surface area contributed by atoms with E-state index in [1.807, 2.05) is 69.3 Å². The number of hydrogen-bond donors (Lipinski definition) is 1. The molecule has 198 valence electrons. The molecular formula is C29H37N3O4S. The van der Waals surface area contributed by atoms with E-state index < -0.39 is 22.0 Å². The highest BCUT2D eigenvalue weighted by molar-refractivity contribution is 7.89. The molecule has 0 saturated carbocycles. The van der Waals surface area contributed by atoms with E-state index in [9.17, 15) is 18.0 Å². The normalized spacial score (nSPS) is 12.5. The van der Waals surface area contributed by atoms with Crippen molar-refractivity contribution >= 4 is 32.6 Å². The summed E-state index contributed by atoms with van der Waals surface area (Å²) >= 11 is 0. The number of likely N-dealkylation sites (N-methyl/N-ethyl adjacent to an activating group) is 1. The van der Waals surface area contributed by atoms with Crippen molar-refractivity contribution in [2.75, 3.05) is 20.1 Å². The van der Waals surface area contributed by atoms with E-state index >= 15 is 0 Å². The first-order valence-electron chi connectivity index (χ1n) is 12.8. The minimum Gasteiger partial charge on any atom is -0.354 e. The van der Waals surface area contributed by atoms with Gasteiger partial charge in [-0.15, -0.1) is 0 Å². The van der Waals surface area contributed by atoms with Crippen LogP contribution in [0.5, 0.6) is 0 Å². The molecule has 3 rings (SSSR count). The number of sulfonamides is 1. The first-order valence-corrected chi connectivity index (χ1v) is 14.2. The molecule has 0 aliphatic carbocycles. The Morgan fingerprint density at radius 2 is 1.62 bits per heavy atom. The Balaban J connectivity index is 1.87. The van der Waals surface area contributed by atoms with E-state index in [1.165, 1.54) is 11.9 Å². The molecule has 0 fully saturated rings. The second-order valence-electron chi connectivity index (χ2n) is 9.29. The SMILES string of the molecule is CCCCNC(=O)[C@H](CC)N(Cc1ccccc1C)C(=O)CN(C)S(=O)(=O)c1ccc2ccccc2c1. The molecule has 3 aromatic rings. The average Bonchev–Trinajstić information content (AvgIpc) is 2.89. The van der Waals surface area contributed by atoms with Gasteiger partial charge in [-0.3, -0.25) is 9.59 Å². The number of unbranched alkanes of at least 4 members (excludes halogenated alkanes) is 1. The zero-order valence-electron chi connectivity index (χ0n) is 22.1. The van der Waals surface area contributed by atoms with E-state index in [0.29, 0.717) is 13.0 Å². The van der Waals surface area contributed by atoms with Crippen molar-refractivity contribution in [2.45, 2.75) is 57.5 Å². The molecule has 0 aliphatic heterocycles. The van der Waals surface area contributed by atoms with Gasteiger partial charge in [-0.25, -0.2) is 8.42 Å². The highest BCUT2D eigenvalue weighted by Gasteiger charge is 2.32. The molecule has 1 atom stereocenters. The third-order valence-corrected chi connectivity index (χ3v) is 8.40. The van der Waals surface area contributed by atoms with Crippen LogP contribution in [0.25, 0.3) is 10.8 Å². The Labute approximate surface area is 220 Å². The van der Waals surface area contributed by atoms with E-state index in [2.05, 4.69) is 5.32 Å². The van der Waals surface area contributed by atoms with Crippen molar-refractivity contribution < 1.29 is 18.0 Å². The lowest BCUT2D eigenvalue weighted by Crippen LogP contribution is -2.51. The summed E-state index contributed by atoms with van der Waals surface area (Å²) in [6, 6.07) is 19.4. The lowest BCUT2D eigenvalue weighted by Gasteiger charge is -2.32. The zero-order valence-corrected chi connectivity index (χ0v) is 22.9. The van der Waals surface area contributed by atoms with Gasteiger partial charge >= 0.3 is 0 Å². The minimum absolute atomic E-state index is 0.122. The molecule has 37 heavy (non-hydrogen) atoms. The second kappa shape index (κ2) is 12.8. The number of amides is 2. The van der Waals surface area contributed by atoms with Gasteiger partial charge in [0.15, 0.2) is 0 Å². The monoisotopic (exact) mass is 523 g/mol. The molecule has 3 aromatic carbocycles. The van der Waals surface area contributed by atoms with Gasteiger partial charge in [0.25, 0.3) is 0 Å². The summed E-state index contributed by atoms with van der Waals surface area (Å²) in [6.45, 7) is 6.24. The first kappa shape index (κ1) is 28.3. The number of aryl methyl sites for hydroxylation is 1. The van der Waals surface area contributed by atoms with E-state index in [4.69, 9.17) is 0 Å². The van der Waals surface area contributed by atoms with E-state index in [-0.39, 0.29) is 23.9 Å². The van der Waals surface area contributed by atoms with E-state index in [1.54, 1.807) is 18.2 Å². The van der Waals surface area contributed by atoms with Gasteiger partial charge in [0.2, 0.25) is 21.8 Å². The van der Waals surface area contributed by atoms with E-state index in [0.717, 1.165) is 39.0 Å². The lowest BCUT2D eigenvalue weighted by molar-refractivity contribution is -0.141. The van der Waals surface area contributed by atoms with Crippen LogP contribution in [0.1, 0.15) is 44.2 Å². The van der Waals surface area contributed by atoms with Crippen LogP contribution in [0.15, 0.2) is 71.6 Å². The van der Waals surface area contributed by atoms with Crippen molar-refractivity contribution in [3.63, 3.8) is 0 Å². The van der Waals surface area contributed by atoms with Crippen LogP contribution in [0.4, 0.5) is 0 Å². The molecule has 0 aromatic heterocycles. The van der Waals surface area contributed by atoms with Crippen LogP contribution < -0.4 is 5.32 Å². The van der Waals surface area contributed by atoms with Gasteiger partial charge in [-0.05, 0) is 53.8 Å². The van der Waals surface area contributed by atoms with Crippen LogP contribution >= 0.6 is 0 Å². The lowest BCUT2D eigenvalue weighted by atomic mass is 10.1. The first-order chi connectivity index (χ1) is 17.7. The summed E-state index contributed by atoms with van der Waals surface area (Å²) in [5.74, 6) is -0.648. The van der Waals surface area contributed by atoms with Gasteiger partial charge in [0.1, 0.15) is 6.04 Å². The van der Waals surface area contributed by atoms with Gasteiger partial charge in [-0.1, -0.05) is 74.9 Å². The zero-order chi connectivity index (χ0) is 27.0. The molecule has 0 heterocycles. The molecule has 2 amide bonds. The van der Waals surface area contributed by atoms with Crippen molar-refractivity contribution in [3.05, 3.63) is 77.9 Å². The summed E-state index contributed by atoms with van der Waals surface area (Å²) < 4.78 is 27.8. The molecule has 0 spiro atoms. The van der Waals surface area contributed by atoms with Gasteiger partial charge in [0, 0.05) is 20.1 Å². The Bertz CT molecular complexity index is 1340. The maximum Gasteiger partial charge on any atom is 0.243 e. The average molecular weight is 524 g/mol. The Hall–Kier alpha value is -3.23. The van der Waals surface area contributed by atoms with Crippen LogP contribution in [0, 0.1) is 6.92 Å². The van der Waals surface area contributed by atoms with Crippen molar-refractivity contribution in [1.29, 1.82) is 0 Å². The largest absolute Gasteiger partial charge is 0.354 e. The van der Waals surface area contributed by atoms with Crippen LogP contribution in [0.2, 0.25) is 0 Å². The molecule has 0 unspecified atom stereocenters. The molecule has 0 aliphatic rings. The summed E-state index contributed by atoms with van der Waals surface area (Å²) in [5, 5.41) is 4.67. The number of carbonyl (C=O) groups is 2. The second-order valence-corrected chi connectivity index (χ2v) is 11.3. The minimum atomic E-state index is -3.93. The van der Waals surface area contributed by atoms with Crippen LogP contribution in [-0.2, 0) is 26.2 Å². The number of nitrogens with zero attached hydrogens (tertiary/aromatic N) is 2. The maximum atomic E-state index is 13.6. The Morgan fingerprint density at radius 3 is 2.30 bits per heavy atom. The standard InChI is InChI=1S/C29H37N3O4S/c1-5-7-18-30-29(34)27(6-2)32(20-25-15-9-8-12-22(25)3)28(33)21-31(4)37(35,36)26-17-16-23-13-10-11-14-24(23)19-26/h8-17,19,27H,5-7,18,20-21H2,1-4H3,(H,30,34)/t27-/m0/s1. The van der Waals surface area contributed by atoms with Crippen LogP contribution in [0.3, 0.4) is 0 Å². The maximum absolute atomic E-state index is 13.6. The fourth-order valence-corrected chi connectivity index (χ4v) is 5.43. The quantitative estimate of drug-likeness (QED) is 0.354. The van der Waals surface area contributed by atoms with Gasteiger partial charge < -0.3 is 10.2 Å². The summed E-state index contributed by atoms with van der Waals surface area (Å²) in [7, 11) is -2.53. The Kier molecular flexibility index (Phi) is 9.83. The predicted octanol–water partition coefficient (Wildman–Crippen LogP) is 4.49. The molecule has 8 heteroatoms. The third-order valence-electron chi connectivity index (χ3n) is 6.60. The number of rotatable bonds is 12. The summed E-state index contributed by atoms with van der Waals surface area (Å²) in [4.78, 5) is 28.3. The summed E-state index contributed by atoms with van der Waals surface area (Å²) in [6.07, 6.45) is 2.21. The Morgan fingerprint density at radius 1 is 0.946 bits per heavy atom. The van der Waals surface area contributed by atoms with Crippen LogP contribution in [-0.4, -0.2) is 55.6 Å². The molecule has 1 N–H and O–H groups in total. The highest BCUT2D eigenvalue weighted by Crippen LogP contribution is 2.22.